The Balaban J connectivity index is 2.32. The molecule has 0 amide bonds. The average Bonchev–Trinajstić information content (AvgIpc) is 2.69. The van der Waals surface area contributed by atoms with E-state index in [4.69, 9.17) is 0 Å². The van der Waals surface area contributed by atoms with Crippen LogP contribution in [0.2, 0.25) is 0 Å². The maximum absolute atomic E-state index is 3.58. The van der Waals surface area contributed by atoms with E-state index < -0.39 is 0 Å². The molecule has 0 aromatic heterocycles. The van der Waals surface area contributed by atoms with Gasteiger partial charge in [0.05, 0.1) is 0 Å². The Morgan fingerprint density at radius 2 is 2.24 bits per heavy atom. The van der Waals surface area contributed by atoms with Crippen molar-refractivity contribution in [3.8, 4) is 0 Å². The highest BCUT2D eigenvalue weighted by atomic mass is 14.9. The normalized spacial score (nSPS) is 28.5. The number of likely N-dealkylation sites (N-methyl/N-ethyl adjacent to an activating group) is 1. The molecule has 0 saturated heterocycles. The molecule has 1 aliphatic carbocycles. The predicted octanol–water partition coefficient (Wildman–Crippen LogP) is 3.66. The number of nitrogens with one attached hydrogen (secondary N) is 1. The average molecular weight is 231 g/mol. The summed E-state index contributed by atoms with van der Waals surface area (Å²) in [6.45, 7) is 9.02. The fourth-order valence-corrected chi connectivity index (χ4v) is 3.34. The lowest BCUT2D eigenvalue weighted by molar-refractivity contribution is 0.320. The molecular formula is C16H25N. The summed E-state index contributed by atoms with van der Waals surface area (Å²) in [6.07, 6.45) is 4.09. The van der Waals surface area contributed by atoms with Crippen LogP contribution in [0.1, 0.15) is 44.2 Å². The van der Waals surface area contributed by atoms with Crippen LogP contribution in [-0.2, 0) is 5.41 Å². The van der Waals surface area contributed by atoms with Crippen molar-refractivity contribution in [2.24, 2.45) is 5.92 Å². The van der Waals surface area contributed by atoms with Gasteiger partial charge in [0.2, 0.25) is 0 Å². The van der Waals surface area contributed by atoms with Crippen LogP contribution in [0.25, 0.3) is 0 Å². The van der Waals surface area contributed by atoms with Gasteiger partial charge in [-0.05, 0) is 37.8 Å². The number of aryl methyl sites for hydroxylation is 1. The zero-order chi connectivity index (χ0) is 12.3. The van der Waals surface area contributed by atoms with Crippen molar-refractivity contribution in [2.75, 3.05) is 13.1 Å². The molecule has 94 valence electrons. The third kappa shape index (κ3) is 2.40. The lowest BCUT2D eigenvalue weighted by Gasteiger charge is -2.35. The molecule has 1 aliphatic rings. The van der Waals surface area contributed by atoms with Crippen LogP contribution in [0, 0.1) is 12.8 Å². The Bertz CT molecular complexity index is 372. The molecule has 0 bridgehead atoms. The minimum absolute atomic E-state index is 0.377. The minimum atomic E-state index is 0.377. The van der Waals surface area contributed by atoms with Crippen LogP contribution in [0.15, 0.2) is 24.3 Å². The van der Waals surface area contributed by atoms with E-state index in [0.717, 1.165) is 19.0 Å². The Morgan fingerprint density at radius 3 is 2.82 bits per heavy atom. The first-order chi connectivity index (χ1) is 8.19. The Morgan fingerprint density at radius 1 is 1.41 bits per heavy atom. The second-order valence-electron chi connectivity index (χ2n) is 5.60. The maximum atomic E-state index is 3.58. The SMILES string of the molecule is CCNCC1(c2cccc(C)c2)CCCC1C. The minimum Gasteiger partial charge on any atom is -0.316 e. The smallest absolute Gasteiger partial charge is 0.0103 e. The molecule has 1 nitrogen and oxygen atoms in total. The quantitative estimate of drug-likeness (QED) is 0.834. The molecule has 1 heteroatoms. The summed E-state index contributed by atoms with van der Waals surface area (Å²) in [4.78, 5) is 0. The third-order valence-electron chi connectivity index (χ3n) is 4.49. The highest BCUT2D eigenvalue weighted by molar-refractivity contribution is 5.32. The van der Waals surface area contributed by atoms with E-state index >= 15 is 0 Å². The molecule has 1 N–H and O–H groups in total. The monoisotopic (exact) mass is 231 g/mol. The van der Waals surface area contributed by atoms with E-state index in [1.165, 1.54) is 24.8 Å². The van der Waals surface area contributed by atoms with Crippen molar-refractivity contribution in [3.05, 3.63) is 35.4 Å². The van der Waals surface area contributed by atoms with Crippen LogP contribution in [-0.4, -0.2) is 13.1 Å². The molecule has 2 atom stereocenters. The van der Waals surface area contributed by atoms with Gasteiger partial charge in [0.25, 0.3) is 0 Å². The standard InChI is InChI=1S/C16H25N/c1-4-17-12-16(10-6-8-14(16)3)15-9-5-7-13(2)11-15/h5,7,9,11,14,17H,4,6,8,10,12H2,1-3H3. The van der Waals surface area contributed by atoms with Gasteiger partial charge in [0.1, 0.15) is 0 Å². The molecule has 0 aliphatic heterocycles. The molecule has 1 saturated carbocycles. The molecular weight excluding hydrogens is 206 g/mol. The molecule has 0 heterocycles. The largest absolute Gasteiger partial charge is 0.316 e. The Hall–Kier alpha value is -0.820. The van der Waals surface area contributed by atoms with Crippen molar-refractivity contribution in [1.82, 2.24) is 5.32 Å². The van der Waals surface area contributed by atoms with Crippen molar-refractivity contribution >= 4 is 0 Å². The second-order valence-corrected chi connectivity index (χ2v) is 5.60. The lowest BCUT2D eigenvalue weighted by atomic mass is 9.72. The van der Waals surface area contributed by atoms with E-state index in [2.05, 4.69) is 50.4 Å². The van der Waals surface area contributed by atoms with Crippen LogP contribution in [0.5, 0.6) is 0 Å². The van der Waals surface area contributed by atoms with Crippen molar-refractivity contribution < 1.29 is 0 Å². The van der Waals surface area contributed by atoms with Crippen molar-refractivity contribution in [2.45, 2.75) is 45.4 Å². The van der Waals surface area contributed by atoms with Crippen LogP contribution in [0.3, 0.4) is 0 Å². The van der Waals surface area contributed by atoms with Crippen LogP contribution < -0.4 is 5.32 Å². The van der Waals surface area contributed by atoms with Crippen molar-refractivity contribution in [1.29, 1.82) is 0 Å². The summed E-state index contributed by atoms with van der Waals surface area (Å²) in [5.41, 5.74) is 3.31. The Kier molecular flexibility index (Phi) is 3.88. The van der Waals surface area contributed by atoms with Gasteiger partial charge in [-0.1, -0.05) is 50.1 Å². The molecule has 1 fully saturated rings. The number of hydrogen-bond acceptors (Lipinski definition) is 1. The van der Waals surface area contributed by atoms with Gasteiger partial charge in [0.15, 0.2) is 0 Å². The van der Waals surface area contributed by atoms with Gasteiger partial charge in [0, 0.05) is 12.0 Å². The first kappa shape index (κ1) is 12.6. The van der Waals surface area contributed by atoms with Gasteiger partial charge in [-0.15, -0.1) is 0 Å². The first-order valence-electron chi connectivity index (χ1n) is 6.97. The molecule has 0 spiro atoms. The molecule has 1 aromatic rings. The van der Waals surface area contributed by atoms with Gasteiger partial charge < -0.3 is 5.32 Å². The summed E-state index contributed by atoms with van der Waals surface area (Å²) < 4.78 is 0. The van der Waals surface area contributed by atoms with E-state index in [1.54, 1.807) is 5.56 Å². The summed E-state index contributed by atoms with van der Waals surface area (Å²) in [6, 6.07) is 9.12. The molecule has 1 aromatic carbocycles. The zero-order valence-electron chi connectivity index (χ0n) is 11.4. The van der Waals surface area contributed by atoms with Gasteiger partial charge in [-0.3, -0.25) is 0 Å². The fourth-order valence-electron chi connectivity index (χ4n) is 3.34. The summed E-state index contributed by atoms with van der Waals surface area (Å²) >= 11 is 0. The topological polar surface area (TPSA) is 12.0 Å². The van der Waals surface area contributed by atoms with Gasteiger partial charge in [-0.2, -0.15) is 0 Å². The number of hydrogen-bond donors (Lipinski definition) is 1. The highest BCUT2D eigenvalue weighted by Crippen LogP contribution is 2.45. The molecule has 17 heavy (non-hydrogen) atoms. The van der Waals surface area contributed by atoms with Crippen LogP contribution >= 0.6 is 0 Å². The van der Waals surface area contributed by atoms with Gasteiger partial charge >= 0.3 is 0 Å². The molecule has 2 rings (SSSR count). The number of benzene rings is 1. The van der Waals surface area contributed by atoms with E-state index in [9.17, 15) is 0 Å². The number of rotatable bonds is 4. The Labute approximate surface area is 106 Å². The maximum Gasteiger partial charge on any atom is 0.0103 e. The van der Waals surface area contributed by atoms with Crippen molar-refractivity contribution in [3.63, 3.8) is 0 Å². The highest BCUT2D eigenvalue weighted by Gasteiger charge is 2.41. The van der Waals surface area contributed by atoms with Crippen LogP contribution in [0.4, 0.5) is 0 Å². The van der Waals surface area contributed by atoms with E-state index in [1.807, 2.05) is 0 Å². The fraction of sp³-hybridized carbons (Fsp3) is 0.625. The van der Waals surface area contributed by atoms with E-state index in [0.29, 0.717) is 5.41 Å². The molecule has 0 radical (unpaired) electrons. The summed E-state index contributed by atoms with van der Waals surface area (Å²) in [7, 11) is 0. The third-order valence-corrected chi connectivity index (χ3v) is 4.49. The summed E-state index contributed by atoms with van der Waals surface area (Å²) in [5, 5.41) is 3.58. The molecule has 2 unspecified atom stereocenters. The second kappa shape index (κ2) is 5.22. The van der Waals surface area contributed by atoms with E-state index in [-0.39, 0.29) is 0 Å². The lowest BCUT2D eigenvalue weighted by Crippen LogP contribution is -2.40. The first-order valence-corrected chi connectivity index (χ1v) is 6.97. The summed E-state index contributed by atoms with van der Waals surface area (Å²) in [5.74, 6) is 0.795. The van der Waals surface area contributed by atoms with Gasteiger partial charge in [-0.25, -0.2) is 0 Å². The predicted molar refractivity (Wildman–Crippen MR) is 74.4 cm³/mol. The zero-order valence-corrected chi connectivity index (χ0v) is 11.4.